The second-order valence-electron chi connectivity index (χ2n) is 4.56. The number of hydrogen-bond acceptors (Lipinski definition) is 1. The fourth-order valence-electron chi connectivity index (χ4n) is 2.67. The van der Waals surface area contributed by atoms with Crippen molar-refractivity contribution in [3.63, 3.8) is 0 Å². The molecule has 2 rings (SSSR count). The lowest BCUT2D eigenvalue weighted by Gasteiger charge is -2.17. The van der Waals surface area contributed by atoms with Gasteiger partial charge in [-0.2, -0.15) is 0 Å². The van der Waals surface area contributed by atoms with Crippen molar-refractivity contribution in [3.05, 3.63) is 12.2 Å². The number of hydrogen-bond donors (Lipinski definition) is 1. The highest BCUT2D eigenvalue weighted by atomic mass is 15.0. The molecule has 0 aromatic heterocycles. The largest absolute Gasteiger partial charge is 0.308 e. The van der Waals surface area contributed by atoms with Gasteiger partial charge in [0.05, 0.1) is 0 Å². The van der Waals surface area contributed by atoms with E-state index in [0.29, 0.717) is 6.04 Å². The molecule has 2 aliphatic rings. The van der Waals surface area contributed by atoms with Crippen molar-refractivity contribution in [1.29, 1.82) is 0 Å². The first-order valence-corrected chi connectivity index (χ1v) is 5.81. The first-order valence-electron chi connectivity index (χ1n) is 5.81. The number of nitrogens with one attached hydrogen (secondary N) is 1. The van der Waals surface area contributed by atoms with Gasteiger partial charge < -0.3 is 5.32 Å². The molecule has 1 heteroatoms. The van der Waals surface area contributed by atoms with E-state index in [9.17, 15) is 0 Å². The van der Waals surface area contributed by atoms with E-state index in [1.165, 1.54) is 38.5 Å². The molecule has 0 aliphatic heterocycles. The normalized spacial score (nSPS) is 38.7. The smallest absolute Gasteiger partial charge is 0.0255 e. The summed E-state index contributed by atoms with van der Waals surface area (Å²) >= 11 is 0. The molecule has 2 aliphatic carbocycles. The van der Waals surface area contributed by atoms with Crippen molar-refractivity contribution >= 4 is 0 Å². The van der Waals surface area contributed by atoms with Crippen LogP contribution in [0.5, 0.6) is 0 Å². The third kappa shape index (κ3) is 2.34. The molecule has 13 heavy (non-hydrogen) atoms. The predicted octanol–water partition coefficient (Wildman–Crippen LogP) is 2.87. The Balaban J connectivity index is 1.73. The molecule has 1 nitrogen and oxygen atoms in total. The van der Waals surface area contributed by atoms with Gasteiger partial charge in [-0.25, -0.2) is 0 Å². The summed E-state index contributed by atoms with van der Waals surface area (Å²) in [7, 11) is 0. The molecule has 0 spiro atoms. The fourth-order valence-corrected chi connectivity index (χ4v) is 2.67. The van der Waals surface area contributed by atoms with Crippen molar-refractivity contribution in [2.45, 2.75) is 57.5 Å². The van der Waals surface area contributed by atoms with Crippen LogP contribution >= 0.6 is 0 Å². The molecule has 1 fully saturated rings. The number of rotatable bonds is 3. The van der Waals surface area contributed by atoms with Crippen LogP contribution in [-0.2, 0) is 0 Å². The van der Waals surface area contributed by atoms with Crippen LogP contribution in [0.25, 0.3) is 0 Å². The summed E-state index contributed by atoms with van der Waals surface area (Å²) in [5.74, 6) is 1.00. The van der Waals surface area contributed by atoms with E-state index in [1.807, 2.05) is 0 Å². The Kier molecular flexibility index (Phi) is 3.05. The Morgan fingerprint density at radius 1 is 1.31 bits per heavy atom. The molecular weight excluding hydrogens is 158 g/mol. The quantitative estimate of drug-likeness (QED) is 0.657. The summed E-state index contributed by atoms with van der Waals surface area (Å²) in [6.07, 6.45) is 12.9. The summed E-state index contributed by atoms with van der Waals surface area (Å²) in [5.41, 5.74) is 0. The second-order valence-corrected chi connectivity index (χ2v) is 4.56. The molecule has 1 saturated carbocycles. The van der Waals surface area contributed by atoms with Crippen molar-refractivity contribution in [2.24, 2.45) is 5.92 Å². The van der Waals surface area contributed by atoms with Gasteiger partial charge in [0.25, 0.3) is 0 Å². The van der Waals surface area contributed by atoms with E-state index in [2.05, 4.69) is 24.4 Å². The van der Waals surface area contributed by atoms with E-state index in [-0.39, 0.29) is 0 Å². The second kappa shape index (κ2) is 4.28. The van der Waals surface area contributed by atoms with Crippen LogP contribution < -0.4 is 5.32 Å². The molecule has 0 aromatic rings. The van der Waals surface area contributed by atoms with E-state index in [4.69, 9.17) is 0 Å². The summed E-state index contributed by atoms with van der Waals surface area (Å²) in [5, 5.41) is 3.76. The zero-order valence-electron chi connectivity index (χ0n) is 8.63. The zero-order chi connectivity index (χ0) is 9.10. The maximum Gasteiger partial charge on any atom is 0.0255 e. The molecule has 0 aromatic carbocycles. The SMILES string of the molecule is CCC1CCC(NC2C=CCC2)C1. The van der Waals surface area contributed by atoms with Gasteiger partial charge in [-0.15, -0.1) is 0 Å². The van der Waals surface area contributed by atoms with Gasteiger partial charge in [-0.1, -0.05) is 25.5 Å². The average Bonchev–Trinajstić information content (AvgIpc) is 2.76. The van der Waals surface area contributed by atoms with E-state index >= 15 is 0 Å². The highest BCUT2D eigenvalue weighted by Gasteiger charge is 2.24. The maximum absolute atomic E-state index is 3.76. The molecule has 74 valence electrons. The van der Waals surface area contributed by atoms with Crippen LogP contribution in [0, 0.1) is 5.92 Å². The van der Waals surface area contributed by atoms with Gasteiger partial charge in [0.2, 0.25) is 0 Å². The summed E-state index contributed by atoms with van der Waals surface area (Å²) in [6, 6.07) is 1.51. The van der Waals surface area contributed by atoms with Crippen molar-refractivity contribution < 1.29 is 0 Å². The van der Waals surface area contributed by atoms with E-state index in [1.54, 1.807) is 0 Å². The Hall–Kier alpha value is -0.300. The Morgan fingerprint density at radius 2 is 2.23 bits per heavy atom. The third-order valence-corrected chi connectivity index (χ3v) is 3.58. The molecule has 0 amide bonds. The van der Waals surface area contributed by atoms with Gasteiger partial charge in [0.15, 0.2) is 0 Å². The van der Waals surface area contributed by atoms with Gasteiger partial charge in [0, 0.05) is 12.1 Å². The minimum atomic E-state index is 0.695. The van der Waals surface area contributed by atoms with Crippen LogP contribution in [0.2, 0.25) is 0 Å². The summed E-state index contributed by atoms with van der Waals surface area (Å²) < 4.78 is 0. The Labute approximate surface area is 81.6 Å². The highest BCUT2D eigenvalue weighted by molar-refractivity contribution is 5.02. The highest BCUT2D eigenvalue weighted by Crippen LogP contribution is 2.28. The molecule has 0 radical (unpaired) electrons. The lowest BCUT2D eigenvalue weighted by atomic mass is 10.1. The monoisotopic (exact) mass is 179 g/mol. The van der Waals surface area contributed by atoms with Crippen molar-refractivity contribution in [1.82, 2.24) is 5.32 Å². The number of allylic oxidation sites excluding steroid dienone is 1. The zero-order valence-corrected chi connectivity index (χ0v) is 8.63. The summed E-state index contributed by atoms with van der Waals surface area (Å²) in [4.78, 5) is 0. The average molecular weight is 179 g/mol. The van der Waals surface area contributed by atoms with E-state index < -0.39 is 0 Å². The lowest BCUT2D eigenvalue weighted by Crippen LogP contribution is -2.34. The first kappa shape index (κ1) is 9.26. The van der Waals surface area contributed by atoms with Gasteiger partial charge in [-0.3, -0.25) is 0 Å². The molecule has 3 atom stereocenters. The van der Waals surface area contributed by atoms with Crippen LogP contribution in [0.1, 0.15) is 45.4 Å². The van der Waals surface area contributed by atoms with Gasteiger partial charge >= 0.3 is 0 Å². The van der Waals surface area contributed by atoms with Crippen LogP contribution in [-0.4, -0.2) is 12.1 Å². The Morgan fingerprint density at radius 3 is 2.85 bits per heavy atom. The standard InChI is InChI=1S/C12H21N/c1-2-10-7-8-12(9-10)13-11-5-3-4-6-11/h3,5,10-13H,2,4,6-9H2,1H3. The molecule has 0 bridgehead atoms. The van der Waals surface area contributed by atoms with Crippen LogP contribution in [0.15, 0.2) is 12.2 Å². The van der Waals surface area contributed by atoms with Crippen molar-refractivity contribution in [3.8, 4) is 0 Å². The first-order chi connectivity index (χ1) is 6.38. The Bertz CT molecular complexity index is 186. The van der Waals surface area contributed by atoms with Crippen LogP contribution in [0.4, 0.5) is 0 Å². The van der Waals surface area contributed by atoms with Gasteiger partial charge in [-0.05, 0) is 38.0 Å². The van der Waals surface area contributed by atoms with E-state index in [0.717, 1.165) is 12.0 Å². The lowest BCUT2D eigenvalue weighted by molar-refractivity contribution is 0.446. The minimum absolute atomic E-state index is 0.695. The minimum Gasteiger partial charge on any atom is -0.308 e. The molecule has 3 unspecified atom stereocenters. The molecular formula is C12H21N. The topological polar surface area (TPSA) is 12.0 Å². The van der Waals surface area contributed by atoms with Crippen LogP contribution in [0.3, 0.4) is 0 Å². The predicted molar refractivity (Wildman–Crippen MR) is 56.7 cm³/mol. The van der Waals surface area contributed by atoms with Gasteiger partial charge in [0.1, 0.15) is 0 Å². The third-order valence-electron chi connectivity index (χ3n) is 3.58. The van der Waals surface area contributed by atoms with Crippen molar-refractivity contribution in [2.75, 3.05) is 0 Å². The molecule has 0 heterocycles. The maximum atomic E-state index is 3.76. The summed E-state index contributed by atoms with van der Waals surface area (Å²) in [6.45, 7) is 2.32. The fraction of sp³-hybridized carbons (Fsp3) is 0.833. The molecule has 1 N–H and O–H groups in total. The molecule has 0 saturated heterocycles.